The number of morpholine rings is 1. The van der Waals surface area contributed by atoms with Gasteiger partial charge in [-0.05, 0) is 25.0 Å². The number of cyclic esters (lactones) is 1. The lowest BCUT2D eigenvalue weighted by molar-refractivity contribution is -0.164. The Bertz CT molecular complexity index is 509. The summed E-state index contributed by atoms with van der Waals surface area (Å²) in [5, 5.41) is 2.86. The number of hydrogen-bond acceptors (Lipinski definition) is 3. The van der Waals surface area contributed by atoms with Gasteiger partial charge in [-0.2, -0.15) is 0 Å². The van der Waals surface area contributed by atoms with Crippen LogP contribution in [0.3, 0.4) is 0 Å². The number of anilines is 1. The van der Waals surface area contributed by atoms with Crippen molar-refractivity contribution in [2.24, 2.45) is 0 Å². The lowest BCUT2D eigenvalue weighted by Crippen LogP contribution is -2.61. The molecule has 5 heteroatoms. The quantitative estimate of drug-likeness (QED) is 0.800. The standard InChI is InChI=1S/C15H18N2O3/c18-13-15(8-4-5-9-15)17(10-11-20-13)14(19)16-12-6-2-1-3-7-12/h1-3,6-7H,4-5,8-11H2,(H,16,19). The summed E-state index contributed by atoms with van der Waals surface area (Å²) in [6.45, 7) is 0.743. The van der Waals surface area contributed by atoms with Crippen LogP contribution >= 0.6 is 0 Å². The van der Waals surface area contributed by atoms with Crippen molar-refractivity contribution in [3.63, 3.8) is 0 Å². The first-order valence-electron chi connectivity index (χ1n) is 7.03. The molecule has 1 saturated heterocycles. The van der Waals surface area contributed by atoms with E-state index in [9.17, 15) is 9.59 Å². The zero-order valence-electron chi connectivity index (χ0n) is 11.3. The van der Waals surface area contributed by atoms with Gasteiger partial charge < -0.3 is 15.0 Å². The van der Waals surface area contributed by atoms with Gasteiger partial charge in [0.25, 0.3) is 0 Å². The van der Waals surface area contributed by atoms with Crippen molar-refractivity contribution in [2.75, 3.05) is 18.5 Å². The normalized spacial score (nSPS) is 20.8. The number of nitrogens with zero attached hydrogens (tertiary/aromatic N) is 1. The minimum atomic E-state index is -0.739. The van der Waals surface area contributed by atoms with Crippen molar-refractivity contribution in [1.29, 1.82) is 0 Å². The van der Waals surface area contributed by atoms with Crippen molar-refractivity contribution in [2.45, 2.75) is 31.2 Å². The Morgan fingerprint density at radius 1 is 1.20 bits per heavy atom. The molecular weight excluding hydrogens is 256 g/mol. The van der Waals surface area contributed by atoms with Crippen LogP contribution in [0.2, 0.25) is 0 Å². The molecule has 0 unspecified atom stereocenters. The average molecular weight is 274 g/mol. The van der Waals surface area contributed by atoms with Gasteiger partial charge in [-0.1, -0.05) is 31.0 Å². The van der Waals surface area contributed by atoms with Crippen molar-refractivity contribution in [3.05, 3.63) is 30.3 Å². The van der Waals surface area contributed by atoms with E-state index in [4.69, 9.17) is 4.74 Å². The van der Waals surface area contributed by atoms with E-state index >= 15 is 0 Å². The van der Waals surface area contributed by atoms with Crippen molar-refractivity contribution in [1.82, 2.24) is 4.90 Å². The molecule has 1 aliphatic heterocycles. The third-order valence-electron chi connectivity index (χ3n) is 4.15. The molecule has 1 spiro atoms. The molecule has 1 aromatic rings. The van der Waals surface area contributed by atoms with E-state index in [1.807, 2.05) is 30.3 Å². The summed E-state index contributed by atoms with van der Waals surface area (Å²) in [7, 11) is 0. The highest BCUT2D eigenvalue weighted by molar-refractivity contribution is 5.95. The first kappa shape index (κ1) is 13.0. The van der Waals surface area contributed by atoms with E-state index < -0.39 is 5.54 Å². The van der Waals surface area contributed by atoms with E-state index in [2.05, 4.69) is 5.32 Å². The Kier molecular flexibility index (Phi) is 3.34. The number of benzene rings is 1. The van der Waals surface area contributed by atoms with Crippen molar-refractivity contribution >= 4 is 17.7 Å². The SMILES string of the molecule is O=C(Nc1ccccc1)N1CCOC(=O)C12CCCC2. The highest BCUT2D eigenvalue weighted by atomic mass is 16.5. The molecule has 0 bridgehead atoms. The second-order valence-electron chi connectivity index (χ2n) is 5.32. The molecule has 5 nitrogen and oxygen atoms in total. The molecule has 2 amide bonds. The first-order valence-corrected chi connectivity index (χ1v) is 7.03. The molecule has 20 heavy (non-hydrogen) atoms. The number of esters is 1. The number of carbonyl (C=O) groups excluding carboxylic acids is 2. The fourth-order valence-corrected chi connectivity index (χ4v) is 3.13. The fourth-order valence-electron chi connectivity index (χ4n) is 3.13. The number of nitrogens with one attached hydrogen (secondary N) is 1. The maximum atomic E-state index is 12.5. The van der Waals surface area contributed by atoms with Crippen LogP contribution in [-0.2, 0) is 9.53 Å². The van der Waals surface area contributed by atoms with Crippen molar-refractivity contribution in [3.8, 4) is 0 Å². The van der Waals surface area contributed by atoms with Crippen LogP contribution in [-0.4, -0.2) is 35.6 Å². The minimum Gasteiger partial charge on any atom is -0.462 e. The summed E-state index contributed by atoms with van der Waals surface area (Å²) in [5.74, 6) is -0.246. The largest absolute Gasteiger partial charge is 0.462 e. The van der Waals surface area contributed by atoms with Crippen LogP contribution in [0.15, 0.2) is 30.3 Å². The first-order chi connectivity index (χ1) is 9.72. The number of urea groups is 1. The maximum Gasteiger partial charge on any atom is 0.332 e. The molecule has 2 aliphatic rings. The Morgan fingerprint density at radius 3 is 2.60 bits per heavy atom. The second-order valence-corrected chi connectivity index (χ2v) is 5.32. The van der Waals surface area contributed by atoms with Crippen LogP contribution < -0.4 is 5.32 Å². The number of ether oxygens (including phenoxy) is 1. The van der Waals surface area contributed by atoms with Crippen LogP contribution in [0.5, 0.6) is 0 Å². The molecule has 1 N–H and O–H groups in total. The molecule has 3 rings (SSSR count). The van der Waals surface area contributed by atoms with Gasteiger partial charge in [0.2, 0.25) is 0 Å². The molecular formula is C15H18N2O3. The van der Waals surface area contributed by atoms with Gasteiger partial charge in [0.1, 0.15) is 12.1 Å². The highest BCUT2D eigenvalue weighted by Crippen LogP contribution is 2.38. The monoisotopic (exact) mass is 274 g/mol. The summed E-state index contributed by atoms with van der Waals surface area (Å²) in [5.41, 5.74) is 0.00138. The number of rotatable bonds is 1. The average Bonchev–Trinajstić information content (AvgIpc) is 2.93. The van der Waals surface area contributed by atoms with Gasteiger partial charge in [0, 0.05) is 5.69 Å². The molecule has 1 aliphatic carbocycles. The highest BCUT2D eigenvalue weighted by Gasteiger charge is 2.51. The van der Waals surface area contributed by atoms with Gasteiger partial charge in [0.15, 0.2) is 0 Å². The number of hydrogen-bond donors (Lipinski definition) is 1. The molecule has 1 heterocycles. The van der Waals surface area contributed by atoms with E-state index in [1.165, 1.54) is 0 Å². The van der Waals surface area contributed by atoms with Gasteiger partial charge in [-0.15, -0.1) is 0 Å². The van der Waals surface area contributed by atoms with Gasteiger partial charge in [-0.25, -0.2) is 9.59 Å². The molecule has 1 aromatic carbocycles. The number of carbonyl (C=O) groups is 2. The number of para-hydroxylation sites is 1. The molecule has 0 radical (unpaired) electrons. The lowest BCUT2D eigenvalue weighted by atomic mass is 9.94. The summed E-state index contributed by atoms with van der Waals surface area (Å²) in [6.07, 6.45) is 3.33. The van der Waals surface area contributed by atoms with E-state index in [1.54, 1.807) is 4.90 Å². The van der Waals surface area contributed by atoms with Crippen LogP contribution in [0.25, 0.3) is 0 Å². The van der Waals surface area contributed by atoms with E-state index in [0.29, 0.717) is 19.4 Å². The molecule has 2 fully saturated rings. The minimum absolute atomic E-state index is 0.213. The summed E-state index contributed by atoms with van der Waals surface area (Å²) in [4.78, 5) is 26.3. The molecule has 0 atom stereocenters. The number of amides is 2. The predicted octanol–water partition coefficient (Wildman–Crippen LogP) is 2.39. The lowest BCUT2D eigenvalue weighted by Gasteiger charge is -2.42. The third-order valence-corrected chi connectivity index (χ3v) is 4.15. The smallest absolute Gasteiger partial charge is 0.332 e. The Hall–Kier alpha value is -2.04. The topological polar surface area (TPSA) is 58.6 Å². The maximum absolute atomic E-state index is 12.5. The van der Waals surface area contributed by atoms with E-state index in [0.717, 1.165) is 18.5 Å². The summed E-state index contributed by atoms with van der Waals surface area (Å²) in [6, 6.07) is 9.08. The van der Waals surface area contributed by atoms with Gasteiger partial charge >= 0.3 is 12.0 Å². The summed E-state index contributed by atoms with van der Waals surface area (Å²) < 4.78 is 5.19. The van der Waals surface area contributed by atoms with Crippen molar-refractivity contribution < 1.29 is 14.3 Å². The van der Waals surface area contributed by atoms with Crippen LogP contribution in [0.4, 0.5) is 10.5 Å². The predicted molar refractivity (Wildman–Crippen MR) is 74.3 cm³/mol. The Morgan fingerprint density at radius 2 is 1.90 bits per heavy atom. The van der Waals surface area contributed by atoms with Gasteiger partial charge in [0.05, 0.1) is 6.54 Å². The van der Waals surface area contributed by atoms with Gasteiger partial charge in [-0.3, -0.25) is 0 Å². The molecule has 1 saturated carbocycles. The van der Waals surface area contributed by atoms with E-state index in [-0.39, 0.29) is 18.6 Å². The second kappa shape index (κ2) is 5.15. The fraction of sp³-hybridized carbons (Fsp3) is 0.467. The Labute approximate surface area is 117 Å². The van der Waals surface area contributed by atoms with Crippen LogP contribution in [0.1, 0.15) is 25.7 Å². The van der Waals surface area contributed by atoms with Crippen LogP contribution in [0, 0.1) is 0 Å². The molecule has 106 valence electrons. The third kappa shape index (κ3) is 2.13. The zero-order valence-corrected chi connectivity index (χ0v) is 11.3. The molecule has 0 aromatic heterocycles. The Balaban J connectivity index is 1.80. The zero-order chi connectivity index (χ0) is 14.0. The summed E-state index contributed by atoms with van der Waals surface area (Å²) >= 11 is 0.